The number of anilines is 1. The summed E-state index contributed by atoms with van der Waals surface area (Å²) in [6.07, 6.45) is 1.71. The molecular weight excluding hydrogens is 332 g/mol. The Bertz CT molecular complexity index is 820. The molecule has 0 spiro atoms. The second kappa shape index (κ2) is 7.98. The second-order valence-electron chi connectivity index (χ2n) is 5.68. The van der Waals surface area contributed by atoms with Gasteiger partial charge in [-0.3, -0.25) is 4.79 Å². The number of thioether (sulfide) groups is 1. The van der Waals surface area contributed by atoms with Crippen molar-refractivity contribution in [2.45, 2.75) is 18.1 Å². The maximum absolute atomic E-state index is 12.4. The molecule has 0 aliphatic carbocycles. The molecule has 1 amide bonds. The van der Waals surface area contributed by atoms with Crippen LogP contribution in [0.5, 0.6) is 0 Å². The molecule has 3 rings (SSSR count). The molecule has 1 heterocycles. The van der Waals surface area contributed by atoms with Crippen LogP contribution in [0.3, 0.4) is 0 Å². The van der Waals surface area contributed by atoms with Crippen LogP contribution in [0.15, 0.2) is 72.1 Å². The number of nitrogens with zero attached hydrogens (tertiary/aromatic N) is 4. The standard InChI is InChI=1S/C19H20N4OS/c1-15(16-9-5-3-6-10-16)23-14-20-21-19(23)25-13-18(24)22(2)17-11-7-4-8-12-17/h3-12,14-15H,13H2,1-2H3/t15-/m1/s1. The fourth-order valence-corrected chi connectivity index (χ4v) is 3.42. The first-order valence-electron chi connectivity index (χ1n) is 8.05. The maximum atomic E-state index is 12.4. The van der Waals surface area contributed by atoms with Crippen LogP contribution in [0.1, 0.15) is 18.5 Å². The average Bonchev–Trinajstić information content (AvgIpc) is 3.15. The molecule has 0 radical (unpaired) electrons. The number of carbonyl (C=O) groups is 1. The summed E-state index contributed by atoms with van der Waals surface area (Å²) in [7, 11) is 1.79. The van der Waals surface area contributed by atoms with Gasteiger partial charge < -0.3 is 9.47 Å². The summed E-state index contributed by atoms with van der Waals surface area (Å²) in [5.41, 5.74) is 2.06. The van der Waals surface area contributed by atoms with Gasteiger partial charge >= 0.3 is 0 Å². The van der Waals surface area contributed by atoms with Crippen molar-refractivity contribution in [3.63, 3.8) is 0 Å². The predicted molar refractivity (Wildman–Crippen MR) is 101 cm³/mol. The van der Waals surface area contributed by atoms with E-state index in [1.54, 1.807) is 18.3 Å². The van der Waals surface area contributed by atoms with E-state index in [9.17, 15) is 4.79 Å². The molecule has 3 aromatic rings. The highest BCUT2D eigenvalue weighted by Crippen LogP contribution is 2.24. The zero-order chi connectivity index (χ0) is 17.6. The van der Waals surface area contributed by atoms with Gasteiger partial charge in [0, 0.05) is 12.7 Å². The lowest BCUT2D eigenvalue weighted by atomic mass is 10.1. The highest BCUT2D eigenvalue weighted by atomic mass is 32.2. The SMILES string of the molecule is C[C@H](c1ccccc1)n1cnnc1SCC(=O)N(C)c1ccccc1. The number of carbonyl (C=O) groups excluding carboxylic acids is 1. The van der Waals surface area contributed by atoms with Crippen LogP contribution in [0.25, 0.3) is 0 Å². The Morgan fingerprint density at radius 3 is 2.44 bits per heavy atom. The van der Waals surface area contributed by atoms with Gasteiger partial charge in [0.15, 0.2) is 5.16 Å². The van der Waals surface area contributed by atoms with E-state index in [4.69, 9.17) is 0 Å². The molecule has 0 aliphatic rings. The third-order valence-corrected chi connectivity index (χ3v) is 5.02. The summed E-state index contributed by atoms with van der Waals surface area (Å²) >= 11 is 1.41. The van der Waals surface area contributed by atoms with E-state index in [-0.39, 0.29) is 11.9 Å². The van der Waals surface area contributed by atoms with E-state index in [0.29, 0.717) is 5.75 Å². The molecule has 0 saturated carbocycles. The third kappa shape index (κ3) is 4.09. The molecule has 6 heteroatoms. The van der Waals surface area contributed by atoms with Gasteiger partial charge in [0.1, 0.15) is 6.33 Å². The van der Waals surface area contributed by atoms with Crippen molar-refractivity contribution in [2.24, 2.45) is 0 Å². The topological polar surface area (TPSA) is 51.0 Å². The van der Waals surface area contributed by atoms with Gasteiger partial charge in [0.25, 0.3) is 0 Å². The molecule has 5 nitrogen and oxygen atoms in total. The van der Waals surface area contributed by atoms with E-state index < -0.39 is 0 Å². The van der Waals surface area contributed by atoms with Crippen molar-refractivity contribution in [3.8, 4) is 0 Å². The van der Waals surface area contributed by atoms with Crippen LogP contribution in [0.2, 0.25) is 0 Å². The minimum atomic E-state index is 0.0260. The van der Waals surface area contributed by atoms with Crippen LogP contribution in [-0.4, -0.2) is 33.5 Å². The van der Waals surface area contributed by atoms with Gasteiger partial charge in [0.05, 0.1) is 11.8 Å². The Balaban J connectivity index is 1.67. The number of benzene rings is 2. The van der Waals surface area contributed by atoms with Crippen molar-refractivity contribution < 1.29 is 4.79 Å². The fourth-order valence-electron chi connectivity index (χ4n) is 2.51. The first kappa shape index (κ1) is 17.2. The Morgan fingerprint density at radius 2 is 1.76 bits per heavy atom. The van der Waals surface area contributed by atoms with Gasteiger partial charge in [0.2, 0.25) is 5.91 Å². The predicted octanol–water partition coefficient (Wildman–Crippen LogP) is 3.64. The Hall–Kier alpha value is -2.60. The van der Waals surface area contributed by atoms with E-state index in [1.165, 1.54) is 17.3 Å². The molecule has 0 fully saturated rings. The zero-order valence-electron chi connectivity index (χ0n) is 14.2. The quantitative estimate of drug-likeness (QED) is 0.636. The fraction of sp³-hybridized carbons (Fsp3) is 0.211. The van der Waals surface area contributed by atoms with Crippen molar-refractivity contribution >= 4 is 23.4 Å². The van der Waals surface area contributed by atoms with E-state index in [0.717, 1.165) is 10.8 Å². The van der Waals surface area contributed by atoms with Crippen LogP contribution < -0.4 is 4.90 Å². The maximum Gasteiger partial charge on any atom is 0.237 e. The van der Waals surface area contributed by atoms with Crippen LogP contribution >= 0.6 is 11.8 Å². The smallest absolute Gasteiger partial charge is 0.237 e. The summed E-state index contributed by atoms with van der Waals surface area (Å²) in [5, 5.41) is 8.93. The second-order valence-corrected chi connectivity index (χ2v) is 6.63. The van der Waals surface area contributed by atoms with Gasteiger partial charge in [-0.15, -0.1) is 10.2 Å². The van der Waals surface area contributed by atoms with Gasteiger partial charge in [-0.1, -0.05) is 60.3 Å². The summed E-state index contributed by atoms with van der Waals surface area (Å²) in [4.78, 5) is 14.1. The molecule has 0 N–H and O–H groups in total. The van der Waals surface area contributed by atoms with Crippen molar-refractivity contribution in [2.75, 3.05) is 17.7 Å². The van der Waals surface area contributed by atoms with Crippen molar-refractivity contribution in [1.29, 1.82) is 0 Å². The molecule has 0 saturated heterocycles. The normalized spacial score (nSPS) is 11.9. The first-order valence-corrected chi connectivity index (χ1v) is 9.04. The Labute approximate surface area is 151 Å². The van der Waals surface area contributed by atoms with E-state index in [1.807, 2.05) is 53.1 Å². The van der Waals surface area contributed by atoms with Crippen molar-refractivity contribution in [3.05, 3.63) is 72.6 Å². The number of hydrogen-bond acceptors (Lipinski definition) is 4. The summed E-state index contributed by atoms with van der Waals surface area (Å²) in [6, 6.07) is 19.9. The van der Waals surface area contributed by atoms with Gasteiger partial charge in [-0.2, -0.15) is 0 Å². The zero-order valence-corrected chi connectivity index (χ0v) is 15.1. The van der Waals surface area contributed by atoms with Crippen LogP contribution in [0, 0.1) is 0 Å². The molecule has 2 aromatic carbocycles. The largest absolute Gasteiger partial charge is 0.315 e. The minimum Gasteiger partial charge on any atom is -0.315 e. The third-order valence-electron chi connectivity index (χ3n) is 4.08. The summed E-state index contributed by atoms with van der Waals surface area (Å²) < 4.78 is 2.00. The molecule has 1 atom stereocenters. The van der Waals surface area contributed by atoms with Gasteiger partial charge in [-0.25, -0.2) is 0 Å². The number of aromatic nitrogens is 3. The molecule has 25 heavy (non-hydrogen) atoms. The highest BCUT2D eigenvalue weighted by molar-refractivity contribution is 7.99. The van der Waals surface area contributed by atoms with Crippen LogP contribution in [-0.2, 0) is 4.79 Å². The lowest BCUT2D eigenvalue weighted by molar-refractivity contribution is -0.115. The minimum absolute atomic E-state index is 0.0260. The Kier molecular flexibility index (Phi) is 5.50. The van der Waals surface area contributed by atoms with Crippen molar-refractivity contribution in [1.82, 2.24) is 14.8 Å². The molecular formula is C19H20N4OS. The first-order chi connectivity index (χ1) is 12.2. The number of rotatable bonds is 6. The highest BCUT2D eigenvalue weighted by Gasteiger charge is 2.16. The number of hydrogen-bond donors (Lipinski definition) is 0. The lowest BCUT2D eigenvalue weighted by Gasteiger charge is -2.18. The lowest BCUT2D eigenvalue weighted by Crippen LogP contribution is -2.28. The molecule has 0 unspecified atom stereocenters. The Morgan fingerprint density at radius 1 is 1.12 bits per heavy atom. The number of amides is 1. The summed E-state index contributed by atoms with van der Waals surface area (Å²) in [6.45, 7) is 2.10. The van der Waals surface area contributed by atoms with E-state index >= 15 is 0 Å². The van der Waals surface area contributed by atoms with E-state index in [2.05, 4.69) is 29.3 Å². The molecule has 0 aliphatic heterocycles. The monoisotopic (exact) mass is 352 g/mol. The summed E-state index contributed by atoms with van der Waals surface area (Å²) in [5.74, 6) is 0.337. The average molecular weight is 352 g/mol. The van der Waals surface area contributed by atoms with Crippen LogP contribution in [0.4, 0.5) is 5.69 Å². The number of para-hydroxylation sites is 1. The van der Waals surface area contributed by atoms with Gasteiger partial charge in [-0.05, 0) is 24.6 Å². The molecule has 1 aromatic heterocycles. The molecule has 128 valence electrons. The molecule has 0 bridgehead atoms.